The van der Waals surface area contributed by atoms with Gasteiger partial charge in [0.2, 0.25) is 5.91 Å². The minimum atomic E-state index is -0.783. The Morgan fingerprint density at radius 2 is 1.61 bits per heavy atom. The van der Waals surface area contributed by atoms with E-state index in [1.165, 1.54) is 4.90 Å². The number of nitrogens with one attached hydrogen (secondary N) is 1. The molecule has 0 heterocycles. The smallest absolute Gasteiger partial charge is 0.407 e. The molecule has 0 spiro atoms. The maximum Gasteiger partial charge on any atom is 0.407 e. The molecule has 0 saturated carbocycles. The first kappa shape index (κ1) is 21.4. The molecular weight excluding hydrogens is 356 g/mol. The van der Waals surface area contributed by atoms with Gasteiger partial charge in [0.05, 0.1) is 12.1 Å². The van der Waals surface area contributed by atoms with Crippen LogP contribution in [0.1, 0.15) is 37.5 Å². The molecule has 2 amide bonds. The number of carbonyl (C=O) groups is 2. The number of hydrogen-bond donors (Lipinski definition) is 2. The molecule has 0 aliphatic heterocycles. The number of amides is 2. The highest BCUT2D eigenvalue weighted by atomic mass is 16.5. The third-order valence-electron chi connectivity index (χ3n) is 4.66. The van der Waals surface area contributed by atoms with E-state index >= 15 is 0 Å². The number of aliphatic hydroxyl groups excluding tert-OH is 1. The fourth-order valence-corrected chi connectivity index (χ4v) is 2.79. The summed E-state index contributed by atoms with van der Waals surface area (Å²) in [4.78, 5) is 25.9. The number of alkyl carbamates (subject to hydrolysis) is 1. The van der Waals surface area contributed by atoms with Crippen LogP contribution in [0.2, 0.25) is 0 Å². The Labute approximate surface area is 166 Å². The van der Waals surface area contributed by atoms with Gasteiger partial charge in [-0.25, -0.2) is 4.79 Å². The summed E-state index contributed by atoms with van der Waals surface area (Å²) < 4.78 is 5.17. The summed E-state index contributed by atoms with van der Waals surface area (Å²) in [5, 5.41) is 13.1. The molecule has 1 unspecified atom stereocenters. The lowest BCUT2D eigenvalue weighted by Crippen LogP contribution is -2.43. The highest BCUT2D eigenvalue weighted by Crippen LogP contribution is 2.20. The second kappa shape index (κ2) is 10.5. The third kappa shape index (κ3) is 6.39. The fraction of sp³-hybridized carbons (Fsp3) is 0.364. The summed E-state index contributed by atoms with van der Waals surface area (Å²) in [6.07, 6.45) is -1.23. The number of aliphatic hydroxyl groups is 1. The van der Waals surface area contributed by atoms with Gasteiger partial charge in [0.25, 0.3) is 0 Å². The van der Waals surface area contributed by atoms with Gasteiger partial charge in [-0.1, -0.05) is 60.7 Å². The molecule has 0 fully saturated rings. The molecule has 6 heteroatoms. The average molecular weight is 384 g/mol. The molecule has 0 bridgehead atoms. The van der Waals surface area contributed by atoms with Crippen molar-refractivity contribution in [3.63, 3.8) is 0 Å². The lowest BCUT2D eigenvalue weighted by Gasteiger charge is -2.30. The number of hydrogen-bond acceptors (Lipinski definition) is 4. The van der Waals surface area contributed by atoms with Crippen molar-refractivity contribution in [3.8, 4) is 0 Å². The number of rotatable bonds is 8. The Morgan fingerprint density at radius 1 is 1.04 bits per heavy atom. The molecule has 0 aromatic heterocycles. The normalized spacial score (nSPS) is 13.9. The van der Waals surface area contributed by atoms with Crippen LogP contribution < -0.4 is 5.32 Å². The second-order valence-electron chi connectivity index (χ2n) is 6.91. The van der Waals surface area contributed by atoms with Crippen LogP contribution in [0.5, 0.6) is 0 Å². The van der Waals surface area contributed by atoms with Crippen molar-refractivity contribution in [2.24, 2.45) is 0 Å². The zero-order valence-corrected chi connectivity index (χ0v) is 16.5. The molecule has 6 nitrogen and oxygen atoms in total. The first-order valence-corrected chi connectivity index (χ1v) is 9.34. The zero-order chi connectivity index (χ0) is 20.5. The number of ether oxygens (including phenoxy) is 1. The summed E-state index contributed by atoms with van der Waals surface area (Å²) in [7, 11) is 1.65. The molecule has 0 radical (unpaired) electrons. The SMILES string of the molecule is CC(CC(=O)N(C)[C@@H](C)[C@@H](O)c1ccccc1)NC(=O)OCc1ccccc1. The molecule has 2 N–H and O–H groups in total. The summed E-state index contributed by atoms with van der Waals surface area (Å²) in [5.41, 5.74) is 1.65. The Balaban J connectivity index is 1.79. The highest BCUT2D eigenvalue weighted by molar-refractivity contribution is 5.78. The van der Waals surface area contributed by atoms with E-state index < -0.39 is 18.2 Å². The van der Waals surface area contributed by atoms with E-state index in [2.05, 4.69) is 5.32 Å². The van der Waals surface area contributed by atoms with Gasteiger partial charge in [0.15, 0.2) is 0 Å². The van der Waals surface area contributed by atoms with Crippen LogP contribution in [0.15, 0.2) is 60.7 Å². The van der Waals surface area contributed by atoms with Crippen LogP contribution in [0, 0.1) is 0 Å². The van der Waals surface area contributed by atoms with Crippen LogP contribution in [-0.2, 0) is 16.1 Å². The van der Waals surface area contributed by atoms with Crippen molar-refractivity contribution < 1.29 is 19.4 Å². The van der Waals surface area contributed by atoms with Gasteiger partial charge >= 0.3 is 6.09 Å². The highest BCUT2D eigenvalue weighted by Gasteiger charge is 2.25. The molecule has 2 aromatic carbocycles. The molecular formula is C22H28N2O4. The van der Waals surface area contributed by atoms with Crippen molar-refractivity contribution >= 4 is 12.0 Å². The van der Waals surface area contributed by atoms with Crippen molar-refractivity contribution in [1.29, 1.82) is 0 Å². The van der Waals surface area contributed by atoms with Gasteiger partial charge in [-0.05, 0) is 25.0 Å². The van der Waals surface area contributed by atoms with Crippen LogP contribution in [-0.4, -0.2) is 41.1 Å². The maximum absolute atomic E-state index is 12.5. The monoisotopic (exact) mass is 384 g/mol. The number of benzene rings is 2. The lowest BCUT2D eigenvalue weighted by atomic mass is 10.0. The van der Waals surface area contributed by atoms with E-state index in [1.54, 1.807) is 20.9 Å². The predicted molar refractivity (Wildman–Crippen MR) is 107 cm³/mol. The second-order valence-corrected chi connectivity index (χ2v) is 6.91. The van der Waals surface area contributed by atoms with E-state index in [1.807, 2.05) is 60.7 Å². The summed E-state index contributed by atoms with van der Waals surface area (Å²) >= 11 is 0. The standard InChI is InChI=1S/C22H28N2O4/c1-16(23-22(27)28-15-18-10-6-4-7-11-18)14-20(25)24(3)17(2)21(26)19-12-8-5-9-13-19/h4-13,16-17,21,26H,14-15H2,1-3H3,(H,23,27)/t16?,17-,21+/m0/s1. The molecule has 2 rings (SSSR count). The van der Waals surface area contributed by atoms with Gasteiger partial charge in [0, 0.05) is 19.5 Å². The van der Waals surface area contributed by atoms with E-state index in [0.29, 0.717) is 0 Å². The minimum Gasteiger partial charge on any atom is -0.445 e. The molecule has 0 aliphatic carbocycles. The summed E-state index contributed by atoms with van der Waals surface area (Å²) in [5.74, 6) is -0.168. The van der Waals surface area contributed by atoms with Crippen LogP contribution in [0.3, 0.4) is 0 Å². The zero-order valence-electron chi connectivity index (χ0n) is 16.5. The van der Waals surface area contributed by atoms with Gasteiger partial charge in [-0.15, -0.1) is 0 Å². The van der Waals surface area contributed by atoms with Crippen molar-refractivity contribution in [3.05, 3.63) is 71.8 Å². The molecule has 0 aliphatic rings. The van der Waals surface area contributed by atoms with Crippen LogP contribution in [0.25, 0.3) is 0 Å². The first-order chi connectivity index (χ1) is 13.4. The van der Waals surface area contributed by atoms with E-state index in [0.717, 1.165) is 11.1 Å². The first-order valence-electron chi connectivity index (χ1n) is 9.34. The van der Waals surface area contributed by atoms with E-state index in [-0.39, 0.29) is 25.0 Å². The molecule has 3 atom stereocenters. The van der Waals surface area contributed by atoms with Gasteiger partial charge in [-0.3, -0.25) is 4.79 Å². The lowest BCUT2D eigenvalue weighted by molar-refractivity contribution is -0.134. The van der Waals surface area contributed by atoms with Crippen molar-refractivity contribution in [2.75, 3.05) is 7.05 Å². The third-order valence-corrected chi connectivity index (χ3v) is 4.66. The number of likely N-dealkylation sites (N-methyl/N-ethyl adjacent to an activating group) is 1. The number of nitrogens with zero attached hydrogens (tertiary/aromatic N) is 1. The Bertz CT molecular complexity index is 752. The molecule has 0 saturated heterocycles. The van der Waals surface area contributed by atoms with E-state index in [9.17, 15) is 14.7 Å². The van der Waals surface area contributed by atoms with Gasteiger partial charge in [-0.2, -0.15) is 0 Å². The summed E-state index contributed by atoms with van der Waals surface area (Å²) in [6.45, 7) is 3.71. The number of carbonyl (C=O) groups excluding carboxylic acids is 2. The molecule has 28 heavy (non-hydrogen) atoms. The Kier molecular flexibility index (Phi) is 8.02. The summed E-state index contributed by atoms with van der Waals surface area (Å²) in [6, 6.07) is 17.8. The van der Waals surface area contributed by atoms with Crippen molar-refractivity contribution in [1.82, 2.24) is 10.2 Å². The van der Waals surface area contributed by atoms with Gasteiger partial charge < -0.3 is 20.1 Å². The van der Waals surface area contributed by atoms with Gasteiger partial charge in [0.1, 0.15) is 6.61 Å². The average Bonchev–Trinajstić information content (AvgIpc) is 2.71. The van der Waals surface area contributed by atoms with Crippen LogP contribution >= 0.6 is 0 Å². The Hall–Kier alpha value is -2.86. The minimum absolute atomic E-state index is 0.114. The molecule has 2 aromatic rings. The maximum atomic E-state index is 12.5. The Morgan fingerprint density at radius 3 is 2.21 bits per heavy atom. The topological polar surface area (TPSA) is 78.9 Å². The van der Waals surface area contributed by atoms with E-state index in [4.69, 9.17) is 4.74 Å². The predicted octanol–water partition coefficient (Wildman–Crippen LogP) is 3.27. The quantitative estimate of drug-likeness (QED) is 0.732. The van der Waals surface area contributed by atoms with Crippen molar-refractivity contribution in [2.45, 2.75) is 45.1 Å². The largest absolute Gasteiger partial charge is 0.445 e. The fourth-order valence-electron chi connectivity index (χ4n) is 2.79. The molecule has 150 valence electrons. The van der Waals surface area contributed by atoms with Crippen LogP contribution in [0.4, 0.5) is 4.79 Å².